The maximum atomic E-state index is 12.1. The number of carbonyl (C=O) groups excluding carboxylic acids is 3. The molecule has 1 aromatic carbocycles. The molecule has 25 heavy (non-hydrogen) atoms. The monoisotopic (exact) mass is 347 g/mol. The van der Waals surface area contributed by atoms with Crippen LogP contribution in [0.4, 0.5) is 0 Å². The minimum absolute atomic E-state index is 0.0385. The van der Waals surface area contributed by atoms with E-state index < -0.39 is 5.91 Å². The second-order valence-corrected chi connectivity index (χ2v) is 6.45. The van der Waals surface area contributed by atoms with Crippen LogP contribution in [0.1, 0.15) is 30.9 Å². The summed E-state index contributed by atoms with van der Waals surface area (Å²) >= 11 is 0. The number of nitrogens with one attached hydrogen (secondary N) is 2. The van der Waals surface area contributed by atoms with Crippen LogP contribution in [0.3, 0.4) is 0 Å². The van der Waals surface area contributed by atoms with Gasteiger partial charge in [-0.2, -0.15) is 0 Å². The first-order valence-corrected chi connectivity index (χ1v) is 8.40. The van der Waals surface area contributed by atoms with Crippen molar-refractivity contribution < 1.29 is 19.1 Å². The molecule has 7 heteroatoms. The lowest BCUT2D eigenvalue weighted by Crippen LogP contribution is -2.50. The molecule has 3 amide bonds. The summed E-state index contributed by atoms with van der Waals surface area (Å²) in [5.41, 5.74) is 6.87. The quantitative estimate of drug-likeness (QED) is 0.798. The number of piperidine rings is 1. The molecule has 0 aliphatic carbocycles. The van der Waals surface area contributed by atoms with Crippen LogP contribution in [0.15, 0.2) is 18.2 Å². The van der Waals surface area contributed by atoms with Crippen molar-refractivity contribution in [3.63, 3.8) is 0 Å². The van der Waals surface area contributed by atoms with E-state index in [2.05, 4.69) is 10.9 Å². The van der Waals surface area contributed by atoms with Crippen LogP contribution in [-0.2, 0) is 14.4 Å². The fraction of sp³-hybridized carbons (Fsp3) is 0.500. The zero-order chi connectivity index (χ0) is 18.4. The molecule has 0 spiro atoms. The van der Waals surface area contributed by atoms with Gasteiger partial charge >= 0.3 is 0 Å². The van der Waals surface area contributed by atoms with Crippen molar-refractivity contribution in [1.29, 1.82) is 0 Å². The molecule has 1 aliphatic heterocycles. The van der Waals surface area contributed by atoms with E-state index in [4.69, 9.17) is 4.74 Å². The first-order valence-electron chi connectivity index (χ1n) is 8.40. The third kappa shape index (κ3) is 5.77. The largest absolute Gasteiger partial charge is 0.484 e. The molecule has 0 saturated carbocycles. The summed E-state index contributed by atoms with van der Waals surface area (Å²) in [7, 11) is 0. The third-order valence-corrected chi connectivity index (χ3v) is 4.13. The van der Waals surface area contributed by atoms with Gasteiger partial charge in [-0.25, -0.2) is 0 Å². The molecule has 1 aliphatic rings. The smallest absolute Gasteiger partial charge is 0.276 e. The van der Waals surface area contributed by atoms with Crippen LogP contribution in [0, 0.1) is 19.8 Å². The number of carbonyl (C=O) groups is 3. The fourth-order valence-corrected chi connectivity index (χ4v) is 2.91. The number of amides is 3. The standard InChI is InChI=1S/C18H25N3O4/c1-12-7-13(2)9-16(8-12)25-11-17(23)19-20-18(24)15-5-4-6-21(10-15)14(3)22/h7-9,15H,4-6,10-11H2,1-3H3,(H,19,23)(H,20,24)/t15-/m1/s1. The number of nitrogens with zero attached hydrogens (tertiary/aromatic N) is 1. The molecule has 0 aromatic heterocycles. The molecule has 136 valence electrons. The van der Waals surface area contributed by atoms with Gasteiger partial charge in [0, 0.05) is 20.0 Å². The van der Waals surface area contributed by atoms with Crippen molar-refractivity contribution in [1.82, 2.24) is 15.8 Å². The van der Waals surface area contributed by atoms with E-state index in [0.29, 0.717) is 25.3 Å². The van der Waals surface area contributed by atoms with E-state index in [-0.39, 0.29) is 24.3 Å². The Bertz CT molecular complexity index is 639. The first-order chi connectivity index (χ1) is 11.8. The zero-order valence-corrected chi connectivity index (χ0v) is 14.9. The average molecular weight is 347 g/mol. The van der Waals surface area contributed by atoms with Crippen molar-refractivity contribution >= 4 is 17.7 Å². The molecular formula is C18H25N3O4. The Hall–Kier alpha value is -2.57. The second kappa shape index (κ2) is 8.50. The van der Waals surface area contributed by atoms with Crippen LogP contribution in [0.25, 0.3) is 0 Å². The van der Waals surface area contributed by atoms with Crippen LogP contribution in [0.2, 0.25) is 0 Å². The number of hydrazine groups is 1. The van der Waals surface area contributed by atoms with Crippen LogP contribution >= 0.6 is 0 Å². The van der Waals surface area contributed by atoms with Gasteiger partial charge in [0.15, 0.2) is 6.61 Å². The number of likely N-dealkylation sites (tertiary alicyclic amines) is 1. The number of hydrogen-bond acceptors (Lipinski definition) is 4. The average Bonchev–Trinajstić information content (AvgIpc) is 2.57. The summed E-state index contributed by atoms with van der Waals surface area (Å²) in [6, 6.07) is 5.70. The van der Waals surface area contributed by atoms with E-state index in [9.17, 15) is 14.4 Å². The molecule has 2 rings (SSSR count). The Morgan fingerprint density at radius 1 is 1.16 bits per heavy atom. The van der Waals surface area contributed by atoms with Gasteiger partial charge in [-0.15, -0.1) is 0 Å². The molecule has 0 unspecified atom stereocenters. The van der Waals surface area contributed by atoms with E-state index in [0.717, 1.165) is 17.5 Å². The van der Waals surface area contributed by atoms with E-state index in [1.54, 1.807) is 4.90 Å². The lowest BCUT2D eigenvalue weighted by Gasteiger charge is -2.31. The molecular weight excluding hydrogens is 322 g/mol. The summed E-state index contributed by atoms with van der Waals surface area (Å²) in [5, 5.41) is 0. The molecule has 1 saturated heterocycles. The molecule has 0 radical (unpaired) electrons. The molecule has 1 fully saturated rings. The lowest BCUT2D eigenvalue weighted by atomic mass is 9.97. The highest BCUT2D eigenvalue weighted by Gasteiger charge is 2.27. The van der Waals surface area contributed by atoms with Crippen LogP contribution in [-0.4, -0.2) is 42.3 Å². The van der Waals surface area contributed by atoms with Gasteiger partial charge in [-0.1, -0.05) is 6.07 Å². The fourth-order valence-electron chi connectivity index (χ4n) is 2.91. The maximum absolute atomic E-state index is 12.1. The van der Waals surface area contributed by atoms with E-state index in [1.807, 2.05) is 32.0 Å². The highest BCUT2D eigenvalue weighted by molar-refractivity contribution is 5.84. The van der Waals surface area contributed by atoms with Crippen LogP contribution in [0.5, 0.6) is 5.75 Å². The van der Waals surface area contributed by atoms with E-state index >= 15 is 0 Å². The predicted molar refractivity (Wildman–Crippen MR) is 92.7 cm³/mol. The van der Waals surface area contributed by atoms with Crippen molar-refractivity contribution in [2.45, 2.75) is 33.6 Å². The highest BCUT2D eigenvalue weighted by Crippen LogP contribution is 2.17. The van der Waals surface area contributed by atoms with Crippen molar-refractivity contribution in [3.8, 4) is 5.75 Å². The number of ether oxygens (including phenoxy) is 1. The number of hydrogen-bond donors (Lipinski definition) is 2. The minimum Gasteiger partial charge on any atom is -0.484 e. The van der Waals surface area contributed by atoms with Gasteiger partial charge in [0.05, 0.1) is 5.92 Å². The molecule has 1 atom stereocenters. The topological polar surface area (TPSA) is 87.7 Å². The lowest BCUT2D eigenvalue weighted by molar-refractivity contribution is -0.136. The Morgan fingerprint density at radius 3 is 2.48 bits per heavy atom. The SMILES string of the molecule is CC(=O)N1CCC[C@@H](C(=O)NNC(=O)COc2cc(C)cc(C)c2)C1. The van der Waals surface area contributed by atoms with Gasteiger partial charge < -0.3 is 9.64 Å². The van der Waals surface area contributed by atoms with Crippen molar-refractivity contribution in [2.24, 2.45) is 5.92 Å². The van der Waals surface area contributed by atoms with Gasteiger partial charge in [0.25, 0.3) is 5.91 Å². The van der Waals surface area contributed by atoms with Gasteiger partial charge in [-0.3, -0.25) is 25.2 Å². The maximum Gasteiger partial charge on any atom is 0.276 e. The Kier molecular flexibility index (Phi) is 6.38. The Labute approximate surface area is 147 Å². The van der Waals surface area contributed by atoms with Gasteiger partial charge in [0.2, 0.25) is 11.8 Å². The molecule has 1 aromatic rings. The first kappa shape index (κ1) is 18.8. The molecule has 7 nitrogen and oxygen atoms in total. The molecule has 1 heterocycles. The molecule has 2 N–H and O–H groups in total. The highest BCUT2D eigenvalue weighted by atomic mass is 16.5. The summed E-state index contributed by atoms with van der Waals surface area (Å²) in [5.74, 6) is -0.456. The summed E-state index contributed by atoms with van der Waals surface area (Å²) in [6.07, 6.45) is 1.48. The third-order valence-electron chi connectivity index (χ3n) is 4.13. The Balaban J connectivity index is 1.75. The van der Waals surface area contributed by atoms with Crippen LogP contribution < -0.4 is 15.6 Å². The van der Waals surface area contributed by atoms with E-state index in [1.165, 1.54) is 6.92 Å². The van der Waals surface area contributed by atoms with Crippen molar-refractivity contribution in [3.05, 3.63) is 29.3 Å². The summed E-state index contributed by atoms with van der Waals surface area (Å²) in [6.45, 7) is 6.27. The van der Waals surface area contributed by atoms with Gasteiger partial charge in [0.1, 0.15) is 5.75 Å². The second-order valence-electron chi connectivity index (χ2n) is 6.45. The summed E-state index contributed by atoms with van der Waals surface area (Å²) in [4.78, 5) is 37.0. The predicted octanol–water partition coefficient (Wildman–Crippen LogP) is 1.09. The molecule has 0 bridgehead atoms. The van der Waals surface area contributed by atoms with Gasteiger partial charge in [-0.05, 0) is 49.9 Å². The zero-order valence-electron chi connectivity index (χ0n) is 14.9. The minimum atomic E-state index is -0.438. The normalized spacial score (nSPS) is 16.9. The number of benzene rings is 1. The number of rotatable bonds is 4. The summed E-state index contributed by atoms with van der Waals surface area (Å²) < 4.78 is 5.44. The number of aryl methyl sites for hydroxylation is 2. The Morgan fingerprint density at radius 2 is 1.84 bits per heavy atom. The van der Waals surface area contributed by atoms with Crippen molar-refractivity contribution in [2.75, 3.05) is 19.7 Å².